The number of esters is 1. The third-order valence-electron chi connectivity index (χ3n) is 2.86. The summed E-state index contributed by atoms with van der Waals surface area (Å²) >= 11 is 0. The number of hydrogen-bond acceptors (Lipinski definition) is 4. The molecule has 0 radical (unpaired) electrons. The molecule has 0 saturated heterocycles. The molecule has 0 fully saturated rings. The van der Waals surface area contributed by atoms with E-state index in [2.05, 4.69) is 0 Å². The van der Waals surface area contributed by atoms with Crippen LogP contribution >= 0.6 is 0 Å². The number of hydrogen-bond donors (Lipinski definition) is 0. The molecule has 0 saturated carbocycles. The molecule has 0 aliphatic heterocycles. The van der Waals surface area contributed by atoms with Gasteiger partial charge in [0.05, 0.1) is 0 Å². The molecule has 0 heterocycles. The number of allylic oxidation sites excluding steroid dienone is 1. The summed E-state index contributed by atoms with van der Waals surface area (Å²) in [7, 11) is 3.52. The molecular formula is C17H17NO3. The number of rotatable bonds is 4. The van der Waals surface area contributed by atoms with E-state index in [0.717, 1.165) is 10.8 Å². The average molecular weight is 283 g/mol. The Morgan fingerprint density at radius 3 is 2.33 bits per heavy atom. The zero-order chi connectivity index (χ0) is 15.4. The van der Waals surface area contributed by atoms with Gasteiger partial charge in [-0.15, -0.1) is 0 Å². The largest absolute Gasteiger partial charge is 0.421 e. The van der Waals surface area contributed by atoms with E-state index >= 15 is 0 Å². The molecule has 0 bridgehead atoms. The van der Waals surface area contributed by atoms with Gasteiger partial charge in [0.25, 0.3) is 0 Å². The van der Waals surface area contributed by atoms with Crippen LogP contribution in [0.1, 0.15) is 17.3 Å². The van der Waals surface area contributed by atoms with E-state index in [1.165, 1.54) is 13.1 Å². The van der Waals surface area contributed by atoms with Crippen molar-refractivity contribution in [1.29, 1.82) is 0 Å². The lowest BCUT2D eigenvalue weighted by molar-refractivity contribution is -0.136. The van der Waals surface area contributed by atoms with Gasteiger partial charge < -0.3 is 9.64 Å². The number of carbonyl (C=O) groups excluding carboxylic acids is 2. The Morgan fingerprint density at radius 2 is 1.71 bits per heavy atom. The molecule has 4 nitrogen and oxygen atoms in total. The Hall–Kier alpha value is -2.62. The highest BCUT2D eigenvalue weighted by Crippen LogP contribution is 2.18. The van der Waals surface area contributed by atoms with Crippen molar-refractivity contribution in [1.82, 2.24) is 4.90 Å². The highest BCUT2D eigenvalue weighted by Gasteiger charge is 2.16. The first-order chi connectivity index (χ1) is 9.97. The molecular weight excluding hydrogens is 266 g/mol. The molecule has 0 atom stereocenters. The summed E-state index contributed by atoms with van der Waals surface area (Å²) < 4.78 is 5.02. The van der Waals surface area contributed by atoms with Crippen LogP contribution in [0.25, 0.3) is 10.8 Å². The number of nitrogens with zero attached hydrogens (tertiary/aromatic N) is 1. The third-order valence-corrected chi connectivity index (χ3v) is 2.86. The fourth-order valence-corrected chi connectivity index (χ4v) is 1.99. The lowest BCUT2D eigenvalue weighted by Gasteiger charge is -2.11. The van der Waals surface area contributed by atoms with Crippen molar-refractivity contribution in [3.63, 3.8) is 0 Å². The van der Waals surface area contributed by atoms with Crippen molar-refractivity contribution in [2.45, 2.75) is 6.92 Å². The molecule has 0 amide bonds. The lowest BCUT2D eigenvalue weighted by atomic mass is 10.0. The second kappa shape index (κ2) is 6.22. The number of Topliss-reactive ketones (excluding diaryl/α,β-unsaturated/α-hetero) is 1. The smallest absolute Gasteiger partial charge is 0.308 e. The van der Waals surface area contributed by atoms with Crippen molar-refractivity contribution in [3.05, 3.63) is 60.0 Å². The van der Waals surface area contributed by atoms with Gasteiger partial charge in [-0.25, -0.2) is 0 Å². The number of ether oxygens (including phenoxy) is 1. The Kier molecular flexibility index (Phi) is 4.38. The fraction of sp³-hybridized carbons (Fsp3) is 0.176. The predicted molar refractivity (Wildman–Crippen MR) is 81.8 cm³/mol. The minimum absolute atomic E-state index is 0.0165. The van der Waals surface area contributed by atoms with Crippen LogP contribution in [0, 0.1) is 0 Å². The molecule has 108 valence electrons. The van der Waals surface area contributed by atoms with Crippen molar-refractivity contribution in [3.8, 4) is 0 Å². The Balaban J connectivity index is 2.40. The molecule has 2 aromatic rings. The molecule has 0 spiro atoms. The first-order valence-corrected chi connectivity index (χ1v) is 6.57. The second-order valence-corrected chi connectivity index (χ2v) is 4.94. The van der Waals surface area contributed by atoms with Crippen molar-refractivity contribution in [2.24, 2.45) is 0 Å². The van der Waals surface area contributed by atoms with E-state index in [4.69, 9.17) is 4.74 Å². The highest BCUT2D eigenvalue weighted by atomic mass is 16.5. The molecule has 0 aromatic heterocycles. The topological polar surface area (TPSA) is 46.6 Å². The molecule has 0 aliphatic carbocycles. The van der Waals surface area contributed by atoms with E-state index in [1.54, 1.807) is 31.1 Å². The summed E-state index contributed by atoms with van der Waals surface area (Å²) in [6.45, 7) is 1.27. The van der Waals surface area contributed by atoms with Crippen molar-refractivity contribution < 1.29 is 14.3 Å². The first kappa shape index (κ1) is 14.8. The summed E-state index contributed by atoms with van der Waals surface area (Å²) in [6.07, 6.45) is 1.50. The van der Waals surface area contributed by atoms with Crippen LogP contribution in [-0.4, -0.2) is 30.7 Å². The van der Waals surface area contributed by atoms with Gasteiger partial charge in [0.2, 0.25) is 5.78 Å². The quantitative estimate of drug-likeness (QED) is 0.374. The van der Waals surface area contributed by atoms with Crippen LogP contribution in [0.4, 0.5) is 0 Å². The first-order valence-electron chi connectivity index (χ1n) is 6.57. The van der Waals surface area contributed by atoms with Gasteiger partial charge in [0.15, 0.2) is 5.76 Å². The molecule has 0 unspecified atom stereocenters. The van der Waals surface area contributed by atoms with Crippen LogP contribution in [0.15, 0.2) is 54.4 Å². The summed E-state index contributed by atoms with van der Waals surface area (Å²) in [5.74, 6) is -0.815. The van der Waals surface area contributed by atoms with Crippen LogP contribution in [0.2, 0.25) is 0 Å². The van der Waals surface area contributed by atoms with Gasteiger partial charge >= 0.3 is 5.97 Å². The zero-order valence-corrected chi connectivity index (χ0v) is 12.3. The van der Waals surface area contributed by atoms with E-state index in [1.807, 2.05) is 30.3 Å². The molecule has 0 N–H and O–H groups in total. The standard InChI is InChI=1S/C17H17NO3/c1-12(19)21-16(11-18(2)3)17(20)15-9-8-13-6-4-5-7-14(13)10-15/h4-11H,1-3H3/b16-11-. The van der Waals surface area contributed by atoms with Gasteiger partial charge in [-0.05, 0) is 16.8 Å². The summed E-state index contributed by atoms with van der Waals surface area (Å²) in [4.78, 5) is 25.3. The SMILES string of the molecule is CC(=O)O/C(=C\N(C)C)C(=O)c1ccc2ccccc2c1. The van der Waals surface area contributed by atoms with Gasteiger partial charge in [-0.1, -0.05) is 36.4 Å². The van der Waals surface area contributed by atoms with Crippen molar-refractivity contribution in [2.75, 3.05) is 14.1 Å². The van der Waals surface area contributed by atoms with E-state index in [-0.39, 0.29) is 11.5 Å². The second-order valence-electron chi connectivity index (χ2n) is 4.94. The van der Waals surface area contributed by atoms with E-state index in [0.29, 0.717) is 5.56 Å². The summed E-state index contributed by atoms with van der Waals surface area (Å²) in [5.41, 5.74) is 0.489. The fourth-order valence-electron chi connectivity index (χ4n) is 1.99. The van der Waals surface area contributed by atoms with Crippen LogP contribution in [-0.2, 0) is 9.53 Å². The maximum absolute atomic E-state index is 12.5. The Labute approximate surface area is 123 Å². The summed E-state index contributed by atoms with van der Waals surface area (Å²) in [6, 6.07) is 13.2. The highest BCUT2D eigenvalue weighted by molar-refractivity contribution is 6.10. The maximum Gasteiger partial charge on any atom is 0.308 e. The Morgan fingerprint density at radius 1 is 1.05 bits per heavy atom. The number of ketones is 1. The third kappa shape index (κ3) is 3.69. The monoisotopic (exact) mass is 283 g/mol. The predicted octanol–water partition coefficient (Wildman–Crippen LogP) is 2.99. The van der Waals surface area contributed by atoms with E-state index < -0.39 is 5.97 Å². The van der Waals surface area contributed by atoms with Crippen LogP contribution < -0.4 is 0 Å². The van der Waals surface area contributed by atoms with Crippen molar-refractivity contribution >= 4 is 22.5 Å². The normalized spacial score (nSPS) is 11.3. The van der Waals surface area contributed by atoms with Gasteiger partial charge in [-0.3, -0.25) is 9.59 Å². The molecule has 2 rings (SSSR count). The Bertz CT molecular complexity index is 717. The number of benzene rings is 2. The minimum atomic E-state index is -0.516. The van der Waals surface area contributed by atoms with Gasteiger partial charge in [0.1, 0.15) is 0 Å². The molecule has 4 heteroatoms. The number of fused-ring (bicyclic) bond motifs is 1. The average Bonchev–Trinajstić information content (AvgIpc) is 2.44. The summed E-state index contributed by atoms with van der Waals surface area (Å²) in [5, 5.41) is 2.02. The molecule has 21 heavy (non-hydrogen) atoms. The zero-order valence-electron chi connectivity index (χ0n) is 12.3. The molecule has 2 aromatic carbocycles. The van der Waals surface area contributed by atoms with Gasteiger partial charge in [-0.2, -0.15) is 0 Å². The minimum Gasteiger partial charge on any atom is -0.421 e. The van der Waals surface area contributed by atoms with Crippen LogP contribution in [0.5, 0.6) is 0 Å². The maximum atomic E-state index is 12.5. The number of carbonyl (C=O) groups is 2. The van der Waals surface area contributed by atoms with Gasteiger partial charge in [0, 0.05) is 32.8 Å². The van der Waals surface area contributed by atoms with Crippen LogP contribution in [0.3, 0.4) is 0 Å². The van der Waals surface area contributed by atoms with E-state index in [9.17, 15) is 9.59 Å². The molecule has 0 aliphatic rings. The lowest BCUT2D eigenvalue weighted by Crippen LogP contribution is -2.14.